The summed E-state index contributed by atoms with van der Waals surface area (Å²) < 4.78 is 40.8. The third-order valence-corrected chi connectivity index (χ3v) is 6.73. The summed E-state index contributed by atoms with van der Waals surface area (Å²) in [4.78, 5) is 22.4. The molecular weight excluding hydrogens is 383 g/mol. The molecule has 1 saturated heterocycles. The van der Waals surface area contributed by atoms with Gasteiger partial charge in [0.05, 0.1) is 22.2 Å². The topological polar surface area (TPSA) is 83.5 Å². The van der Waals surface area contributed by atoms with Crippen molar-refractivity contribution in [2.75, 3.05) is 20.6 Å². The van der Waals surface area contributed by atoms with Gasteiger partial charge in [0.25, 0.3) is 5.91 Å². The van der Waals surface area contributed by atoms with Crippen molar-refractivity contribution >= 4 is 15.9 Å². The van der Waals surface area contributed by atoms with Gasteiger partial charge >= 0.3 is 0 Å². The third kappa shape index (κ3) is 3.90. The zero-order valence-electron chi connectivity index (χ0n) is 16.1. The molecule has 1 amide bonds. The number of aryl methyl sites for hydroxylation is 1. The molecule has 0 spiro atoms. The van der Waals surface area contributed by atoms with Crippen molar-refractivity contribution in [2.24, 2.45) is 0 Å². The number of halogens is 1. The molecule has 1 atom stereocenters. The number of carbonyl (C=O) groups is 1. The van der Waals surface area contributed by atoms with E-state index >= 15 is 0 Å². The number of benzene rings is 1. The molecule has 0 bridgehead atoms. The first-order valence-corrected chi connectivity index (χ1v) is 10.5. The van der Waals surface area contributed by atoms with Crippen LogP contribution < -0.4 is 0 Å². The van der Waals surface area contributed by atoms with Crippen LogP contribution >= 0.6 is 0 Å². The van der Waals surface area contributed by atoms with E-state index in [0.29, 0.717) is 30.0 Å². The summed E-state index contributed by atoms with van der Waals surface area (Å²) in [6.45, 7) is 2.05. The fourth-order valence-electron chi connectivity index (χ4n) is 3.29. The number of amides is 1. The Bertz CT molecular complexity index is 977. The van der Waals surface area contributed by atoms with Crippen LogP contribution in [-0.4, -0.2) is 54.1 Å². The van der Waals surface area contributed by atoms with Gasteiger partial charge in [-0.05, 0) is 44.0 Å². The number of piperidine rings is 1. The molecule has 0 saturated carbocycles. The highest BCUT2D eigenvalue weighted by Gasteiger charge is 2.36. The number of hydrogen-bond acceptors (Lipinski definition) is 5. The molecule has 9 heteroatoms. The maximum atomic E-state index is 13.2. The smallest absolute Gasteiger partial charge is 0.256 e. The molecule has 0 unspecified atom stereocenters. The predicted octanol–water partition coefficient (Wildman–Crippen LogP) is 2.54. The highest BCUT2D eigenvalue weighted by Crippen LogP contribution is 2.34. The molecule has 0 N–H and O–H groups in total. The van der Waals surface area contributed by atoms with E-state index in [1.54, 1.807) is 21.0 Å². The van der Waals surface area contributed by atoms with Crippen molar-refractivity contribution in [1.29, 1.82) is 0 Å². The van der Waals surface area contributed by atoms with Crippen molar-refractivity contribution in [3.8, 4) is 0 Å². The van der Waals surface area contributed by atoms with Gasteiger partial charge in [0.2, 0.25) is 10.0 Å². The number of sulfonamides is 1. The van der Waals surface area contributed by atoms with Crippen LogP contribution in [-0.2, 0) is 10.0 Å². The molecular formula is C19H23FN4O3S. The van der Waals surface area contributed by atoms with Crippen LogP contribution in [0.2, 0.25) is 0 Å². The van der Waals surface area contributed by atoms with Crippen LogP contribution in [0.4, 0.5) is 4.39 Å². The lowest BCUT2D eigenvalue weighted by Crippen LogP contribution is -2.39. The summed E-state index contributed by atoms with van der Waals surface area (Å²) in [5.41, 5.74) is 0.894. The maximum Gasteiger partial charge on any atom is 0.256 e. The predicted molar refractivity (Wildman–Crippen MR) is 102 cm³/mol. The second kappa shape index (κ2) is 7.92. The summed E-state index contributed by atoms with van der Waals surface area (Å²) in [6.07, 6.45) is 3.62. The number of aromatic nitrogens is 2. The highest BCUT2D eigenvalue weighted by molar-refractivity contribution is 7.89. The van der Waals surface area contributed by atoms with E-state index in [9.17, 15) is 17.6 Å². The average molecular weight is 406 g/mol. The Hall–Kier alpha value is -2.39. The summed E-state index contributed by atoms with van der Waals surface area (Å²) in [7, 11) is -0.524. The number of nitrogens with zero attached hydrogens (tertiary/aromatic N) is 4. The van der Waals surface area contributed by atoms with Gasteiger partial charge in [-0.1, -0.05) is 6.42 Å². The molecule has 2 heterocycles. The molecule has 1 aliphatic heterocycles. The summed E-state index contributed by atoms with van der Waals surface area (Å²) in [5, 5.41) is 0. The van der Waals surface area contributed by atoms with Gasteiger partial charge in [0, 0.05) is 26.8 Å². The molecule has 1 aromatic carbocycles. The molecule has 1 fully saturated rings. The van der Waals surface area contributed by atoms with Gasteiger partial charge in [-0.2, -0.15) is 4.31 Å². The SMILES string of the molecule is Cc1nc([C@H]2CCCCN2S(=O)(=O)c2ccc(F)cc2)ncc1C(=O)N(C)C. The van der Waals surface area contributed by atoms with E-state index in [1.807, 2.05) is 0 Å². The Kier molecular flexibility index (Phi) is 5.76. The Labute approximate surface area is 164 Å². The van der Waals surface area contributed by atoms with Gasteiger partial charge in [0.15, 0.2) is 0 Å². The fourth-order valence-corrected chi connectivity index (χ4v) is 4.94. The lowest BCUT2D eigenvalue weighted by Gasteiger charge is -2.33. The second-order valence-corrected chi connectivity index (χ2v) is 8.90. The van der Waals surface area contributed by atoms with Gasteiger partial charge < -0.3 is 4.90 Å². The van der Waals surface area contributed by atoms with Crippen molar-refractivity contribution in [2.45, 2.75) is 37.1 Å². The molecule has 0 aliphatic carbocycles. The average Bonchev–Trinajstić information content (AvgIpc) is 2.67. The van der Waals surface area contributed by atoms with Crippen LogP contribution in [0, 0.1) is 12.7 Å². The quantitative estimate of drug-likeness (QED) is 0.779. The summed E-state index contributed by atoms with van der Waals surface area (Å²) >= 11 is 0. The summed E-state index contributed by atoms with van der Waals surface area (Å²) in [6, 6.07) is 4.27. The van der Waals surface area contributed by atoms with Crippen LogP contribution in [0.25, 0.3) is 0 Å². The Morgan fingerprint density at radius 2 is 1.89 bits per heavy atom. The summed E-state index contributed by atoms with van der Waals surface area (Å²) in [5.74, 6) is -0.323. The van der Waals surface area contributed by atoms with E-state index in [1.165, 1.54) is 27.5 Å². The van der Waals surface area contributed by atoms with Crippen LogP contribution in [0.5, 0.6) is 0 Å². The zero-order valence-corrected chi connectivity index (χ0v) is 16.9. The van der Waals surface area contributed by atoms with E-state index in [4.69, 9.17) is 0 Å². The van der Waals surface area contributed by atoms with E-state index in [-0.39, 0.29) is 10.8 Å². The van der Waals surface area contributed by atoms with Crippen LogP contribution in [0.3, 0.4) is 0 Å². The lowest BCUT2D eigenvalue weighted by molar-refractivity contribution is 0.0825. The van der Waals surface area contributed by atoms with Crippen LogP contribution in [0.1, 0.15) is 47.2 Å². The van der Waals surface area contributed by atoms with Crippen molar-refractivity contribution < 1.29 is 17.6 Å². The molecule has 28 heavy (non-hydrogen) atoms. The minimum atomic E-state index is -3.82. The largest absolute Gasteiger partial charge is 0.345 e. The number of hydrogen-bond donors (Lipinski definition) is 0. The minimum Gasteiger partial charge on any atom is -0.345 e. The molecule has 1 aliphatic rings. The first-order chi connectivity index (χ1) is 13.2. The molecule has 0 radical (unpaired) electrons. The van der Waals surface area contributed by atoms with E-state index in [2.05, 4.69) is 9.97 Å². The van der Waals surface area contributed by atoms with E-state index < -0.39 is 21.9 Å². The molecule has 2 aromatic rings. The third-order valence-electron chi connectivity index (χ3n) is 4.81. The molecule has 7 nitrogen and oxygen atoms in total. The van der Waals surface area contributed by atoms with Gasteiger partial charge in [-0.25, -0.2) is 22.8 Å². The number of carbonyl (C=O) groups excluding carboxylic acids is 1. The molecule has 1 aromatic heterocycles. The Morgan fingerprint density at radius 3 is 2.50 bits per heavy atom. The normalized spacial score (nSPS) is 18.1. The molecule has 150 valence electrons. The molecule has 3 rings (SSSR count). The van der Waals surface area contributed by atoms with Crippen molar-refractivity contribution in [3.05, 3.63) is 53.4 Å². The minimum absolute atomic E-state index is 0.0388. The van der Waals surface area contributed by atoms with Crippen molar-refractivity contribution in [1.82, 2.24) is 19.2 Å². The highest BCUT2D eigenvalue weighted by atomic mass is 32.2. The zero-order chi connectivity index (χ0) is 20.5. The lowest BCUT2D eigenvalue weighted by atomic mass is 10.0. The van der Waals surface area contributed by atoms with E-state index in [0.717, 1.165) is 25.0 Å². The van der Waals surface area contributed by atoms with Gasteiger partial charge in [0.1, 0.15) is 11.6 Å². The van der Waals surface area contributed by atoms with Crippen LogP contribution in [0.15, 0.2) is 35.4 Å². The second-order valence-electron chi connectivity index (χ2n) is 7.01. The standard InChI is InChI=1S/C19H23FN4O3S/c1-13-16(19(25)23(2)3)12-21-18(22-13)17-6-4-5-11-24(17)28(26,27)15-9-7-14(20)8-10-15/h7-10,12,17H,4-6,11H2,1-3H3/t17-/m1/s1. The van der Waals surface area contributed by atoms with Gasteiger partial charge in [-0.15, -0.1) is 0 Å². The maximum absolute atomic E-state index is 13.2. The fraction of sp³-hybridized carbons (Fsp3) is 0.421. The number of rotatable bonds is 4. The van der Waals surface area contributed by atoms with Crippen molar-refractivity contribution in [3.63, 3.8) is 0 Å². The Balaban J connectivity index is 1.97. The first-order valence-electron chi connectivity index (χ1n) is 9.04. The first kappa shape index (κ1) is 20.3. The monoisotopic (exact) mass is 406 g/mol. The Morgan fingerprint density at radius 1 is 1.21 bits per heavy atom. The van der Waals surface area contributed by atoms with Gasteiger partial charge in [-0.3, -0.25) is 4.79 Å².